The number of ketones is 1. The lowest BCUT2D eigenvalue weighted by Gasteiger charge is -2.22. The summed E-state index contributed by atoms with van der Waals surface area (Å²) in [6, 6.07) is 15.6. The molecule has 182 valence electrons. The predicted octanol–water partition coefficient (Wildman–Crippen LogP) is 5.76. The topological polar surface area (TPSA) is 92.6 Å². The monoisotopic (exact) mass is 499 g/mol. The second-order valence-electron chi connectivity index (χ2n) is 9.01. The number of pyridine rings is 1. The van der Waals surface area contributed by atoms with Gasteiger partial charge in [0.2, 0.25) is 0 Å². The number of methoxy groups -OCH3 is 1. The smallest absolute Gasteiger partial charge is 0.301 e. The number of aliphatic hydroxyl groups is 1. The third kappa shape index (κ3) is 3.93. The van der Waals surface area contributed by atoms with Crippen LogP contribution in [0.2, 0.25) is 0 Å². The number of aliphatic hydroxyl groups excluding tert-OH is 1. The zero-order valence-corrected chi connectivity index (χ0v) is 21.2. The summed E-state index contributed by atoms with van der Waals surface area (Å²) in [5, 5.41) is 11.8. The van der Waals surface area contributed by atoms with Crippen molar-refractivity contribution in [2.75, 3.05) is 12.0 Å². The first-order valence-electron chi connectivity index (χ1n) is 11.6. The largest absolute Gasteiger partial charge is 0.507 e. The summed E-state index contributed by atoms with van der Waals surface area (Å²) in [5.41, 5.74) is 3.50. The number of Topliss-reactive ketones (excluding diaryl/α,β-unsaturated/α-hetero) is 1. The number of carbonyl (C=O) groups excluding carboxylic acids is 2. The molecule has 8 heteroatoms. The van der Waals surface area contributed by atoms with E-state index in [4.69, 9.17) is 4.74 Å². The average molecular weight is 500 g/mol. The molecule has 1 saturated heterocycles. The molecule has 5 rings (SSSR count). The Kier molecular flexibility index (Phi) is 6.05. The summed E-state index contributed by atoms with van der Waals surface area (Å²) in [5.74, 6) is -1.14. The molecule has 3 heterocycles. The number of hydrogen-bond donors (Lipinski definition) is 1. The molecule has 1 amide bonds. The molecule has 1 aliphatic rings. The van der Waals surface area contributed by atoms with Crippen LogP contribution >= 0.6 is 11.3 Å². The molecule has 1 aliphatic heterocycles. The molecule has 0 spiro atoms. The number of nitrogens with zero attached hydrogens (tertiary/aromatic N) is 3. The van der Waals surface area contributed by atoms with E-state index in [0.29, 0.717) is 28.1 Å². The Labute approximate surface area is 212 Å². The SMILES string of the molecule is COc1ccc(C)cc1/C(O)=C1\C(=O)C(=O)N(c2nc3ccc(C(C)C)cc3s2)C1c1ccccn1. The number of rotatable bonds is 5. The molecule has 1 N–H and O–H groups in total. The van der Waals surface area contributed by atoms with Crippen LogP contribution in [0, 0.1) is 6.92 Å². The van der Waals surface area contributed by atoms with Crippen LogP contribution in [0.1, 0.15) is 48.2 Å². The highest BCUT2D eigenvalue weighted by atomic mass is 32.1. The predicted molar refractivity (Wildman–Crippen MR) is 140 cm³/mol. The minimum Gasteiger partial charge on any atom is -0.507 e. The Hall–Kier alpha value is -4.04. The van der Waals surface area contributed by atoms with Gasteiger partial charge in [0.1, 0.15) is 17.6 Å². The number of ether oxygens (including phenoxy) is 1. The summed E-state index contributed by atoms with van der Waals surface area (Å²) in [6.45, 7) is 6.10. The van der Waals surface area contributed by atoms with Crippen LogP contribution < -0.4 is 9.64 Å². The van der Waals surface area contributed by atoms with Gasteiger partial charge in [-0.15, -0.1) is 0 Å². The molecule has 2 aromatic heterocycles. The fraction of sp³-hybridized carbons (Fsp3) is 0.214. The molecule has 1 atom stereocenters. The van der Waals surface area contributed by atoms with Crippen molar-refractivity contribution in [3.05, 3.63) is 88.8 Å². The van der Waals surface area contributed by atoms with Gasteiger partial charge in [-0.3, -0.25) is 19.5 Å². The standard InChI is InChI=1S/C28H25N3O4S/c1-15(2)17-9-10-19-22(14-17)36-28(30-19)31-24(20-7-5-6-12-29-20)23(26(33)27(31)34)25(32)18-13-16(3)8-11-21(18)35-4/h5-15,24,32H,1-4H3/b25-23+. The highest BCUT2D eigenvalue weighted by Gasteiger charge is 2.49. The number of anilines is 1. The number of benzene rings is 2. The van der Waals surface area contributed by atoms with Gasteiger partial charge in [-0.05, 0) is 54.8 Å². The van der Waals surface area contributed by atoms with Crippen molar-refractivity contribution in [1.82, 2.24) is 9.97 Å². The molecule has 1 fully saturated rings. The number of amides is 1. The minimum absolute atomic E-state index is 0.0512. The van der Waals surface area contributed by atoms with Crippen LogP contribution in [0.5, 0.6) is 5.75 Å². The van der Waals surface area contributed by atoms with Gasteiger partial charge in [0, 0.05) is 6.20 Å². The van der Waals surface area contributed by atoms with Crippen LogP contribution in [0.3, 0.4) is 0 Å². The van der Waals surface area contributed by atoms with Gasteiger partial charge in [-0.1, -0.05) is 48.9 Å². The van der Waals surface area contributed by atoms with Crippen molar-refractivity contribution in [3.63, 3.8) is 0 Å². The van der Waals surface area contributed by atoms with Gasteiger partial charge in [-0.25, -0.2) is 4.98 Å². The third-order valence-electron chi connectivity index (χ3n) is 6.30. The van der Waals surface area contributed by atoms with Crippen LogP contribution in [0.4, 0.5) is 5.13 Å². The number of aryl methyl sites for hydroxylation is 1. The fourth-order valence-corrected chi connectivity index (χ4v) is 5.43. The Balaban J connectivity index is 1.73. The minimum atomic E-state index is -0.943. The Morgan fingerprint density at radius 2 is 1.92 bits per heavy atom. The van der Waals surface area contributed by atoms with Crippen molar-refractivity contribution in [1.29, 1.82) is 0 Å². The maximum Gasteiger partial charge on any atom is 0.301 e. The number of thiazole rings is 1. The van der Waals surface area contributed by atoms with Gasteiger partial charge >= 0.3 is 5.91 Å². The third-order valence-corrected chi connectivity index (χ3v) is 7.31. The Bertz CT molecular complexity index is 1520. The second kappa shape index (κ2) is 9.20. The summed E-state index contributed by atoms with van der Waals surface area (Å²) in [7, 11) is 1.49. The summed E-state index contributed by atoms with van der Waals surface area (Å²) < 4.78 is 6.35. The zero-order valence-electron chi connectivity index (χ0n) is 20.4. The summed E-state index contributed by atoms with van der Waals surface area (Å²) in [6.07, 6.45) is 1.59. The zero-order chi connectivity index (χ0) is 25.6. The number of carbonyl (C=O) groups is 2. The summed E-state index contributed by atoms with van der Waals surface area (Å²) >= 11 is 1.34. The molecule has 0 bridgehead atoms. The molecular weight excluding hydrogens is 474 g/mol. The first-order chi connectivity index (χ1) is 17.3. The van der Waals surface area contributed by atoms with Gasteiger partial charge in [0.05, 0.1) is 34.2 Å². The highest BCUT2D eigenvalue weighted by Crippen LogP contribution is 2.44. The highest BCUT2D eigenvalue weighted by molar-refractivity contribution is 7.22. The van der Waals surface area contributed by atoms with E-state index in [0.717, 1.165) is 21.3 Å². The van der Waals surface area contributed by atoms with Crippen LogP contribution in [-0.2, 0) is 9.59 Å². The van der Waals surface area contributed by atoms with Gasteiger partial charge in [-0.2, -0.15) is 0 Å². The molecule has 36 heavy (non-hydrogen) atoms. The van der Waals surface area contributed by atoms with E-state index in [1.165, 1.54) is 23.3 Å². The van der Waals surface area contributed by atoms with Crippen LogP contribution in [0.15, 0.2) is 66.4 Å². The second-order valence-corrected chi connectivity index (χ2v) is 10.0. The van der Waals surface area contributed by atoms with Crippen molar-refractivity contribution in [2.45, 2.75) is 32.7 Å². The molecule has 7 nitrogen and oxygen atoms in total. The van der Waals surface area contributed by atoms with Crippen LogP contribution in [-0.4, -0.2) is 33.9 Å². The van der Waals surface area contributed by atoms with E-state index < -0.39 is 17.7 Å². The lowest BCUT2D eigenvalue weighted by molar-refractivity contribution is -0.132. The van der Waals surface area contributed by atoms with E-state index in [-0.39, 0.29) is 11.3 Å². The van der Waals surface area contributed by atoms with Crippen molar-refractivity contribution in [3.8, 4) is 5.75 Å². The number of hydrogen-bond acceptors (Lipinski definition) is 7. The molecule has 0 saturated carbocycles. The molecular formula is C28H25N3O4S. The van der Waals surface area contributed by atoms with Crippen molar-refractivity contribution >= 4 is 44.1 Å². The lowest BCUT2D eigenvalue weighted by atomic mass is 9.97. The van der Waals surface area contributed by atoms with Crippen molar-refractivity contribution in [2.24, 2.45) is 0 Å². The number of aromatic nitrogens is 2. The van der Waals surface area contributed by atoms with Gasteiger partial charge in [0.15, 0.2) is 5.13 Å². The van der Waals surface area contributed by atoms with E-state index in [1.807, 2.05) is 25.1 Å². The Morgan fingerprint density at radius 3 is 2.61 bits per heavy atom. The first kappa shape index (κ1) is 23.7. The van der Waals surface area contributed by atoms with E-state index in [2.05, 4.69) is 29.9 Å². The quantitative estimate of drug-likeness (QED) is 0.213. The Morgan fingerprint density at radius 1 is 1.11 bits per heavy atom. The van der Waals surface area contributed by atoms with Crippen molar-refractivity contribution < 1.29 is 19.4 Å². The first-order valence-corrected chi connectivity index (χ1v) is 12.4. The van der Waals surface area contributed by atoms with E-state index >= 15 is 0 Å². The molecule has 1 unspecified atom stereocenters. The normalized spacial score (nSPS) is 17.4. The van der Waals surface area contributed by atoms with Gasteiger partial charge in [0.25, 0.3) is 5.78 Å². The van der Waals surface area contributed by atoms with Gasteiger partial charge < -0.3 is 9.84 Å². The molecule has 0 aliphatic carbocycles. The molecule has 2 aromatic carbocycles. The van der Waals surface area contributed by atoms with E-state index in [9.17, 15) is 14.7 Å². The average Bonchev–Trinajstić information content (AvgIpc) is 3.41. The fourth-order valence-electron chi connectivity index (χ4n) is 4.39. The maximum atomic E-state index is 13.4. The summed E-state index contributed by atoms with van der Waals surface area (Å²) in [4.78, 5) is 37.3. The number of fused-ring (bicyclic) bond motifs is 1. The molecule has 4 aromatic rings. The maximum absolute atomic E-state index is 13.4. The van der Waals surface area contributed by atoms with E-state index in [1.54, 1.807) is 36.5 Å². The van der Waals surface area contributed by atoms with Crippen LogP contribution in [0.25, 0.3) is 16.0 Å². The molecule has 0 radical (unpaired) electrons. The lowest BCUT2D eigenvalue weighted by Crippen LogP contribution is -2.29.